The molecule has 1 atom stereocenters. The molecule has 0 N–H and O–H groups in total. The van der Waals surface area contributed by atoms with Gasteiger partial charge in [0, 0.05) is 18.8 Å². The fraction of sp³-hybridized carbons (Fsp3) is 0.600. The van der Waals surface area contributed by atoms with Crippen molar-refractivity contribution in [1.82, 2.24) is 4.90 Å². The molecule has 0 radical (unpaired) electrons. The summed E-state index contributed by atoms with van der Waals surface area (Å²) in [7, 11) is 1.51. The number of nitriles is 1. The maximum absolute atomic E-state index is 13.3. The van der Waals surface area contributed by atoms with Crippen molar-refractivity contribution in [2.45, 2.75) is 63.5 Å². The van der Waals surface area contributed by atoms with Gasteiger partial charge in [-0.25, -0.2) is 0 Å². The fourth-order valence-corrected chi connectivity index (χ4v) is 3.76. The van der Waals surface area contributed by atoms with Gasteiger partial charge in [0.1, 0.15) is 12.6 Å². The first-order valence-corrected chi connectivity index (χ1v) is 9.56. The Kier molecular flexibility index (Phi) is 7.27. The number of anilines is 1. The molecule has 166 valence electrons. The van der Waals surface area contributed by atoms with Crippen LogP contribution in [0.15, 0.2) is 18.2 Å². The normalized spacial score (nSPS) is 16.6. The van der Waals surface area contributed by atoms with Crippen molar-refractivity contribution in [2.75, 3.05) is 18.5 Å². The second-order valence-electron chi connectivity index (χ2n) is 7.50. The minimum atomic E-state index is -4.92. The van der Waals surface area contributed by atoms with E-state index in [1.165, 1.54) is 24.9 Å². The van der Waals surface area contributed by atoms with Gasteiger partial charge in [0.05, 0.1) is 17.2 Å². The molecule has 0 aliphatic heterocycles. The summed E-state index contributed by atoms with van der Waals surface area (Å²) in [6, 6.07) is 2.27. The van der Waals surface area contributed by atoms with Crippen LogP contribution in [0.25, 0.3) is 0 Å². The number of likely N-dealkylation sites (N-methyl/N-ethyl adjacent to an activating group) is 1. The van der Waals surface area contributed by atoms with Crippen molar-refractivity contribution in [3.05, 3.63) is 29.3 Å². The molecule has 0 heterocycles. The van der Waals surface area contributed by atoms with Crippen LogP contribution >= 0.6 is 0 Å². The van der Waals surface area contributed by atoms with Gasteiger partial charge >= 0.3 is 12.4 Å². The van der Waals surface area contributed by atoms with E-state index in [-0.39, 0.29) is 6.04 Å². The number of benzene rings is 1. The van der Waals surface area contributed by atoms with Crippen LogP contribution in [0.4, 0.5) is 32.0 Å². The number of halogens is 6. The molecule has 10 heteroatoms. The van der Waals surface area contributed by atoms with Crippen molar-refractivity contribution in [2.24, 2.45) is 0 Å². The van der Waals surface area contributed by atoms with Crippen LogP contribution in [-0.4, -0.2) is 42.7 Å². The Balaban J connectivity index is 2.40. The highest BCUT2D eigenvalue weighted by atomic mass is 19.4. The van der Waals surface area contributed by atoms with E-state index in [0.717, 1.165) is 44.2 Å². The van der Waals surface area contributed by atoms with E-state index in [2.05, 4.69) is 0 Å². The SMILES string of the molecule is CC(C(=O)N(C)C1CCCCC1)N(CC(F)(F)F)c1ccc(C#N)c(C(F)(F)F)c1. The second-order valence-corrected chi connectivity index (χ2v) is 7.50. The van der Waals surface area contributed by atoms with Crippen LogP contribution < -0.4 is 4.90 Å². The molecule has 0 spiro atoms. The third-order valence-corrected chi connectivity index (χ3v) is 5.41. The minimum absolute atomic E-state index is 0.104. The van der Waals surface area contributed by atoms with Gasteiger partial charge in [-0.2, -0.15) is 31.6 Å². The van der Waals surface area contributed by atoms with E-state index in [0.29, 0.717) is 11.0 Å². The molecule has 1 unspecified atom stereocenters. The van der Waals surface area contributed by atoms with Crippen LogP contribution in [0, 0.1) is 11.3 Å². The molecule has 0 saturated heterocycles. The Hall–Kier alpha value is -2.44. The average Bonchev–Trinajstić information content (AvgIpc) is 2.69. The number of alkyl halides is 6. The first kappa shape index (κ1) is 23.8. The molecule has 1 aromatic rings. The number of hydrogen-bond donors (Lipinski definition) is 0. The van der Waals surface area contributed by atoms with E-state index in [4.69, 9.17) is 5.26 Å². The predicted molar refractivity (Wildman–Crippen MR) is 98.7 cm³/mol. The van der Waals surface area contributed by atoms with E-state index in [9.17, 15) is 31.1 Å². The first-order chi connectivity index (χ1) is 13.8. The minimum Gasteiger partial charge on any atom is -0.351 e. The summed E-state index contributed by atoms with van der Waals surface area (Å²) >= 11 is 0. The van der Waals surface area contributed by atoms with E-state index < -0.39 is 47.7 Å². The Morgan fingerprint density at radius 1 is 1.17 bits per heavy atom. The fourth-order valence-electron chi connectivity index (χ4n) is 3.76. The van der Waals surface area contributed by atoms with Gasteiger partial charge in [-0.05, 0) is 38.0 Å². The third-order valence-electron chi connectivity index (χ3n) is 5.41. The second kappa shape index (κ2) is 9.14. The van der Waals surface area contributed by atoms with Gasteiger partial charge in [-0.3, -0.25) is 4.79 Å². The van der Waals surface area contributed by atoms with Gasteiger partial charge in [-0.1, -0.05) is 19.3 Å². The summed E-state index contributed by atoms with van der Waals surface area (Å²) in [6.45, 7) is -0.347. The molecule has 1 aliphatic rings. The quantitative estimate of drug-likeness (QED) is 0.603. The molecular formula is C20H23F6N3O. The molecule has 1 aromatic carbocycles. The molecule has 1 aliphatic carbocycles. The van der Waals surface area contributed by atoms with Gasteiger partial charge in [-0.15, -0.1) is 0 Å². The molecule has 1 saturated carbocycles. The largest absolute Gasteiger partial charge is 0.417 e. The first-order valence-electron chi connectivity index (χ1n) is 9.56. The topological polar surface area (TPSA) is 47.3 Å². The highest BCUT2D eigenvalue weighted by molar-refractivity contribution is 5.85. The van der Waals surface area contributed by atoms with Gasteiger partial charge in [0.15, 0.2) is 0 Å². The van der Waals surface area contributed by atoms with Crippen LogP contribution in [0.3, 0.4) is 0 Å². The molecular weight excluding hydrogens is 412 g/mol. The number of carbonyl (C=O) groups is 1. The highest BCUT2D eigenvalue weighted by Gasteiger charge is 2.39. The highest BCUT2D eigenvalue weighted by Crippen LogP contribution is 2.36. The van der Waals surface area contributed by atoms with E-state index in [1.54, 1.807) is 0 Å². The molecule has 30 heavy (non-hydrogen) atoms. The van der Waals surface area contributed by atoms with Crippen molar-refractivity contribution in [3.63, 3.8) is 0 Å². The smallest absolute Gasteiger partial charge is 0.351 e. The number of rotatable bonds is 5. The van der Waals surface area contributed by atoms with E-state index in [1.807, 2.05) is 0 Å². The molecule has 2 rings (SSSR count). The van der Waals surface area contributed by atoms with Crippen molar-refractivity contribution < 1.29 is 31.1 Å². The zero-order valence-electron chi connectivity index (χ0n) is 16.6. The van der Waals surface area contributed by atoms with Crippen LogP contribution in [0.2, 0.25) is 0 Å². The zero-order chi connectivity index (χ0) is 22.7. The third kappa shape index (κ3) is 5.80. The number of hydrogen-bond acceptors (Lipinski definition) is 3. The molecule has 1 amide bonds. The summed E-state index contributed by atoms with van der Waals surface area (Å²) in [6.07, 6.45) is -5.34. The number of carbonyl (C=O) groups excluding carboxylic acids is 1. The van der Waals surface area contributed by atoms with Crippen molar-refractivity contribution >= 4 is 11.6 Å². The Morgan fingerprint density at radius 3 is 2.27 bits per heavy atom. The van der Waals surface area contributed by atoms with Gasteiger partial charge < -0.3 is 9.80 Å². The lowest BCUT2D eigenvalue weighted by atomic mass is 9.94. The summed E-state index contributed by atoms with van der Waals surface area (Å²) in [5, 5.41) is 8.91. The number of amides is 1. The van der Waals surface area contributed by atoms with Crippen molar-refractivity contribution in [1.29, 1.82) is 5.26 Å². The molecule has 4 nitrogen and oxygen atoms in total. The molecule has 0 aromatic heterocycles. The zero-order valence-corrected chi connectivity index (χ0v) is 16.6. The lowest BCUT2D eigenvalue weighted by molar-refractivity contribution is -0.137. The van der Waals surface area contributed by atoms with Gasteiger partial charge in [0.25, 0.3) is 0 Å². The summed E-state index contributed by atoms with van der Waals surface area (Å²) < 4.78 is 79.5. The van der Waals surface area contributed by atoms with E-state index >= 15 is 0 Å². The average molecular weight is 435 g/mol. The Morgan fingerprint density at radius 2 is 1.77 bits per heavy atom. The van der Waals surface area contributed by atoms with Crippen LogP contribution in [-0.2, 0) is 11.0 Å². The summed E-state index contributed by atoms with van der Waals surface area (Å²) in [4.78, 5) is 14.9. The number of nitrogens with zero attached hydrogens (tertiary/aromatic N) is 3. The maximum Gasteiger partial charge on any atom is 0.417 e. The molecule has 0 bridgehead atoms. The summed E-state index contributed by atoms with van der Waals surface area (Å²) in [5.74, 6) is -0.593. The predicted octanol–water partition coefficient (Wildman–Crippen LogP) is 5.13. The summed E-state index contributed by atoms with van der Waals surface area (Å²) in [5.41, 5.74) is -2.46. The molecule has 1 fully saturated rings. The van der Waals surface area contributed by atoms with Crippen LogP contribution in [0.1, 0.15) is 50.2 Å². The maximum atomic E-state index is 13.3. The lowest BCUT2D eigenvalue weighted by Crippen LogP contribution is -2.52. The Bertz CT molecular complexity index is 793. The van der Waals surface area contributed by atoms with Gasteiger partial charge in [0.2, 0.25) is 5.91 Å². The van der Waals surface area contributed by atoms with Crippen LogP contribution in [0.5, 0.6) is 0 Å². The standard InChI is InChI=1S/C20H23F6N3O/c1-13(18(30)28(2)15-6-4-3-5-7-15)29(12-19(21,22)23)16-9-8-14(11-27)17(10-16)20(24,25)26/h8-10,13,15H,3-7,12H2,1-2H3. The monoisotopic (exact) mass is 435 g/mol. The van der Waals surface area contributed by atoms with Crippen molar-refractivity contribution in [3.8, 4) is 6.07 Å². The lowest BCUT2D eigenvalue weighted by Gasteiger charge is -2.37. The Labute approximate surface area is 171 Å².